The van der Waals surface area contributed by atoms with Crippen LogP contribution >= 0.6 is 0 Å². The van der Waals surface area contributed by atoms with Crippen molar-refractivity contribution in [3.8, 4) is 22.8 Å². The van der Waals surface area contributed by atoms with E-state index in [1.165, 1.54) is 13.3 Å². The van der Waals surface area contributed by atoms with Crippen LogP contribution in [0.25, 0.3) is 11.3 Å². The molecule has 0 aliphatic carbocycles. The van der Waals surface area contributed by atoms with Crippen molar-refractivity contribution in [2.75, 3.05) is 19.5 Å². The smallest absolute Gasteiger partial charge is 0.365 e. The highest BCUT2D eigenvalue weighted by atomic mass is 16.5. The summed E-state index contributed by atoms with van der Waals surface area (Å²) in [7, 11) is 3.09. The Bertz CT molecular complexity index is 999. The van der Waals surface area contributed by atoms with E-state index in [2.05, 4.69) is 15.4 Å². The third-order valence-corrected chi connectivity index (χ3v) is 3.82. The lowest BCUT2D eigenvalue weighted by atomic mass is 10.1. The monoisotopic (exact) mass is 366 g/mol. The first-order valence-corrected chi connectivity index (χ1v) is 8.12. The number of anilines is 1. The fraction of sp³-hybridized carbons (Fsp3) is 0.158. The minimum absolute atomic E-state index is 0.257. The average Bonchev–Trinajstić information content (AvgIpc) is 2.70. The molecule has 0 aliphatic rings. The number of carbonyl (C=O) groups excluding carboxylic acids is 1. The number of hydrogen-bond donors (Lipinski definition) is 1. The molecule has 0 unspecified atom stereocenters. The highest BCUT2D eigenvalue weighted by Gasteiger charge is 2.11. The Morgan fingerprint density at radius 1 is 1.07 bits per heavy atom. The van der Waals surface area contributed by atoms with Crippen LogP contribution in [0.1, 0.15) is 0 Å². The van der Waals surface area contributed by atoms with E-state index in [9.17, 15) is 9.59 Å². The third kappa shape index (κ3) is 4.30. The number of carbonyl (C=O) groups is 1. The molecule has 0 bridgehead atoms. The summed E-state index contributed by atoms with van der Waals surface area (Å²) in [5.41, 5.74) is 1.05. The van der Waals surface area contributed by atoms with Gasteiger partial charge < -0.3 is 14.8 Å². The zero-order chi connectivity index (χ0) is 19.2. The van der Waals surface area contributed by atoms with Crippen LogP contribution in [0.15, 0.2) is 59.5 Å². The van der Waals surface area contributed by atoms with Crippen molar-refractivity contribution >= 4 is 11.6 Å². The van der Waals surface area contributed by atoms with Gasteiger partial charge in [0.05, 0.1) is 31.8 Å². The van der Waals surface area contributed by atoms with Crippen LogP contribution in [-0.4, -0.2) is 34.9 Å². The fourth-order valence-corrected chi connectivity index (χ4v) is 2.45. The molecule has 3 rings (SSSR count). The molecule has 0 atom stereocenters. The highest BCUT2D eigenvalue weighted by Crippen LogP contribution is 2.23. The van der Waals surface area contributed by atoms with Gasteiger partial charge in [0.2, 0.25) is 5.91 Å². The summed E-state index contributed by atoms with van der Waals surface area (Å²) in [6.07, 6.45) is 1.44. The van der Waals surface area contributed by atoms with Crippen LogP contribution in [0.3, 0.4) is 0 Å². The number of hydrogen-bond acceptors (Lipinski definition) is 6. The minimum Gasteiger partial charge on any atom is -0.497 e. The summed E-state index contributed by atoms with van der Waals surface area (Å²) >= 11 is 0. The maximum Gasteiger partial charge on any atom is 0.365 e. The maximum absolute atomic E-state index is 12.2. The maximum atomic E-state index is 12.2. The standard InChI is InChI=1S/C19H18N4O4/c1-26-14-9-7-13(8-10-14)16-11-20-23(19(25)22-16)12-18(24)21-15-5-3-4-6-17(15)27-2/h3-11H,12H2,1-2H3,(H,21,24). The summed E-state index contributed by atoms with van der Waals surface area (Å²) in [6.45, 7) is -0.257. The number of para-hydroxylation sites is 2. The summed E-state index contributed by atoms with van der Waals surface area (Å²) in [4.78, 5) is 28.4. The second-order valence-corrected chi connectivity index (χ2v) is 5.56. The molecule has 0 aliphatic heterocycles. The molecule has 0 saturated carbocycles. The van der Waals surface area contributed by atoms with Gasteiger partial charge in [-0.3, -0.25) is 4.79 Å². The topological polar surface area (TPSA) is 95.3 Å². The van der Waals surface area contributed by atoms with Gasteiger partial charge in [-0.25, -0.2) is 9.48 Å². The molecule has 1 amide bonds. The molecule has 2 aromatic carbocycles. The van der Waals surface area contributed by atoms with Crippen LogP contribution in [0.2, 0.25) is 0 Å². The summed E-state index contributed by atoms with van der Waals surface area (Å²) in [6, 6.07) is 14.1. The molecule has 0 spiro atoms. The number of nitrogens with zero attached hydrogens (tertiary/aromatic N) is 3. The molecule has 0 fully saturated rings. The highest BCUT2D eigenvalue weighted by molar-refractivity contribution is 5.92. The van der Waals surface area contributed by atoms with Crippen molar-refractivity contribution in [3.05, 3.63) is 65.2 Å². The van der Waals surface area contributed by atoms with E-state index in [0.717, 1.165) is 10.2 Å². The Morgan fingerprint density at radius 2 is 1.81 bits per heavy atom. The Morgan fingerprint density at radius 3 is 2.48 bits per heavy atom. The first-order valence-electron chi connectivity index (χ1n) is 8.12. The van der Waals surface area contributed by atoms with Gasteiger partial charge in [-0.15, -0.1) is 0 Å². The number of benzene rings is 2. The molecule has 0 saturated heterocycles. The average molecular weight is 366 g/mol. The van der Waals surface area contributed by atoms with Crippen molar-refractivity contribution in [2.24, 2.45) is 0 Å². The van der Waals surface area contributed by atoms with Crippen LogP contribution < -0.4 is 20.5 Å². The minimum atomic E-state index is -0.613. The molecule has 27 heavy (non-hydrogen) atoms. The normalized spacial score (nSPS) is 10.3. The Hall–Kier alpha value is -3.68. The predicted octanol–water partition coefficient (Wildman–Crippen LogP) is 1.96. The van der Waals surface area contributed by atoms with Gasteiger partial charge >= 0.3 is 5.69 Å². The van der Waals surface area contributed by atoms with Gasteiger partial charge in [-0.1, -0.05) is 12.1 Å². The van der Waals surface area contributed by atoms with Crippen LogP contribution in [0, 0.1) is 0 Å². The molecule has 138 valence electrons. The molecule has 1 N–H and O–H groups in total. The van der Waals surface area contributed by atoms with E-state index in [1.807, 2.05) is 0 Å². The second-order valence-electron chi connectivity index (χ2n) is 5.56. The number of aromatic nitrogens is 3. The van der Waals surface area contributed by atoms with E-state index < -0.39 is 11.6 Å². The van der Waals surface area contributed by atoms with Crippen LogP contribution in [-0.2, 0) is 11.3 Å². The van der Waals surface area contributed by atoms with Crippen molar-refractivity contribution in [2.45, 2.75) is 6.54 Å². The van der Waals surface area contributed by atoms with Crippen LogP contribution in [0.4, 0.5) is 5.69 Å². The van der Waals surface area contributed by atoms with E-state index >= 15 is 0 Å². The quantitative estimate of drug-likeness (QED) is 0.717. The van der Waals surface area contributed by atoms with Gasteiger partial charge in [-0.2, -0.15) is 10.1 Å². The van der Waals surface area contributed by atoms with Gasteiger partial charge in [-0.05, 0) is 36.4 Å². The largest absolute Gasteiger partial charge is 0.497 e. The van der Waals surface area contributed by atoms with E-state index in [0.29, 0.717) is 22.9 Å². The zero-order valence-electron chi connectivity index (χ0n) is 14.9. The second kappa shape index (κ2) is 8.13. The molecule has 8 heteroatoms. The van der Waals surface area contributed by atoms with Crippen LogP contribution in [0.5, 0.6) is 11.5 Å². The molecule has 3 aromatic rings. The van der Waals surface area contributed by atoms with Gasteiger partial charge in [0.1, 0.15) is 18.0 Å². The van der Waals surface area contributed by atoms with Crippen molar-refractivity contribution in [1.82, 2.24) is 14.8 Å². The van der Waals surface area contributed by atoms with Gasteiger partial charge in [0.25, 0.3) is 0 Å². The SMILES string of the molecule is COc1ccc(-c2cnn(CC(=O)Nc3ccccc3OC)c(=O)n2)cc1. The molecule has 1 aromatic heterocycles. The van der Waals surface area contributed by atoms with E-state index in [-0.39, 0.29) is 6.54 Å². The predicted molar refractivity (Wildman–Crippen MR) is 99.9 cm³/mol. The third-order valence-electron chi connectivity index (χ3n) is 3.82. The number of methoxy groups -OCH3 is 2. The first kappa shape index (κ1) is 18.1. The van der Waals surface area contributed by atoms with Gasteiger partial charge in [0.15, 0.2) is 0 Å². The number of ether oxygens (including phenoxy) is 2. The lowest BCUT2D eigenvalue weighted by Gasteiger charge is -2.10. The van der Waals surface area contributed by atoms with Crippen molar-refractivity contribution in [1.29, 1.82) is 0 Å². The molecule has 1 heterocycles. The lowest BCUT2D eigenvalue weighted by Crippen LogP contribution is -2.31. The first-order chi connectivity index (χ1) is 13.1. The van der Waals surface area contributed by atoms with Gasteiger partial charge in [0, 0.05) is 5.56 Å². The van der Waals surface area contributed by atoms with E-state index in [4.69, 9.17) is 9.47 Å². The van der Waals surface area contributed by atoms with Crippen molar-refractivity contribution < 1.29 is 14.3 Å². The Labute approximate surface area is 155 Å². The number of rotatable bonds is 6. The summed E-state index contributed by atoms with van der Waals surface area (Å²) in [5.74, 6) is 0.820. The molecular weight excluding hydrogens is 348 g/mol. The summed E-state index contributed by atoms with van der Waals surface area (Å²) in [5, 5.41) is 6.73. The Kier molecular flexibility index (Phi) is 5.46. The van der Waals surface area contributed by atoms with E-state index in [1.54, 1.807) is 55.6 Å². The number of nitrogens with one attached hydrogen (secondary N) is 1. The number of amides is 1. The Balaban J connectivity index is 1.74. The molecule has 8 nitrogen and oxygen atoms in total. The summed E-state index contributed by atoms with van der Waals surface area (Å²) < 4.78 is 11.3. The fourth-order valence-electron chi connectivity index (χ4n) is 2.45. The molecular formula is C19H18N4O4. The lowest BCUT2D eigenvalue weighted by molar-refractivity contribution is -0.117. The molecule has 0 radical (unpaired) electrons. The van der Waals surface area contributed by atoms with Crippen molar-refractivity contribution in [3.63, 3.8) is 0 Å². The zero-order valence-corrected chi connectivity index (χ0v) is 14.9.